The molecule has 104 valence electrons. The van der Waals surface area contributed by atoms with Gasteiger partial charge in [0, 0.05) is 36.0 Å². The predicted octanol–water partition coefficient (Wildman–Crippen LogP) is 2.40. The van der Waals surface area contributed by atoms with Crippen molar-refractivity contribution in [2.45, 2.75) is 25.8 Å². The highest BCUT2D eigenvalue weighted by molar-refractivity contribution is 9.10. The second kappa shape index (κ2) is 6.48. The van der Waals surface area contributed by atoms with Crippen LogP contribution >= 0.6 is 15.9 Å². The summed E-state index contributed by atoms with van der Waals surface area (Å²) < 4.78 is 0.846. The summed E-state index contributed by atoms with van der Waals surface area (Å²) in [5, 5.41) is 0. The largest absolute Gasteiger partial charge is 0.334 e. The summed E-state index contributed by atoms with van der Waals surface area (Å²) in [6.07, 6.45) is 5.36. The molecule has 0 spiro atoms. The number of amides is 1. The van der Waals surface area contributed by atoms with Gasteiger partial charge in [0.25, 0.3) is 5.91 Å². The van der Waals surface area contributed by atoms with Crippen LogP contribution in [0.25, 0.3) is 0 Å². The Balaban J connectivity index is 2.20. The minimum atomic E-state index is 0.0935. The van der Waals surface area contributed by atoms with E-state index in [-0.39, 0.29) is 5.91 Å². The van der Waals surface area contributed by atoms with Gasteiger partial charge in [-0.3, -0.25) is 9.78 Å². The number of halogens is 1. The van der Waals surface area contributed by atoms with E-state index in [1.54, 1.807) is 12.4 Å². The molecule has 0 radical (unpaired) electrons. The third kappa shape index (κ3) is 3.54. The lowest BCUT2D eigenvalue weighted by Crippen LogP contribution is -2.43. The van der Waals surface area contributed by atoms with Crippen molar-refractivity contribution in [3.8, 4) is 0 Å². The fourth-order valence-electron chi connectivity index (χ4n) is 2.55. The van der Waals surface area contributed by atoms with Gasteiger partial charge < -0.3 is 9.80 Å². The number of pyridine rings is 1. The molecule has 0 N–H and O–H groups in total. The number of carbonyl (C=O) groups excluding carboxylic acids is 1. The van der Waals surface area contributed by atoms with E-state index < -0.39 is 0 Å². The maximum atomic E-state index is 12.6. The molecule has 2 heterocycles. The van der Waals surface area contributed by atoms with Crippen LogP contribution in [0.15, 0.2) is 22.9 Å². The molecule has 19 heavy (non-hydrogen) atoms. The maximum Gasteiger partial charge on any atom is 0.255 e. The van der Waals surface area contributed by atoms with Crippen LogP contribution in [0, 0.1) is 0 Å². The molecular formula is C14H20BrN3O. The van der Waals surface area contributed by atoms with Crippen molar-refractivity contribution in [3.05, 3.63) is 28.5 Å². The highest BCUT2D eigenvalue weighted by Crippen LogP contribution is 2.17. The quantitative estimate of drug-likeness (QED) is 0.837. The molecule has 0 aromatic carbocycles. The first kappa shape index (κ1) is 14.5. The summed E-state index contributed by atoms with van der Waals surface area (Å²) in [4.78, 5) is 21.0. The number of aromatic nitrogens is 1. The van der Waals surface area contributed by atoms with Crippen molar-refractivity contribution < 1.29 is 4.79 Å². The van der Waals surface area contributed by atoms with Crippen LogP contribution in [0.3, 0.4) is 0 Å². The average molecular weight is 326 g/mol. The van der Waals surface area contributed by atoms with Gasteiger partial charge in [-0.25, -0.2) is 0 Å². The molecule has 1 aromatic rings. The number of hydrogen-bond acceptors (Lipinski definition) is 3. The van der Waals surface area contributed by atoms with Crippen molar-refractivity contribution in [1.82, 2.24) is 14.8 Å². The molecule has 0 saturated carbocycles. The molecule has 0 bridgehead atoms. The van der Waals surface area contributed by atoms with Crippen LogP contribution in [0.4, 0.5) is 0 Å². The zero-order valence-corrected chi connectivity index (χ0v) is 13.1. The Bertz CT molecular complexity index is 452. The van der Waals surface area contributed by atoms with Crippen molar-refractivity contribution in [2.24, 2.45) is 0 Å². The zero-order valence-electron chi connectivity index (χ0n) is 11.5. The topological polar surface area (TPSA) is 36.4 Å². The van der Waals surface area contributed by atoms with Crippen molar-refractivity contribution in [1.29, 1.82) is 0 Å². The van der Waals surface area contributed by atoms with Gasteiger partial charge in [-0.05, 0) is 48.4 Å². The SMILES string of the molecule is CCC1CN(C)CCCN1C(=O)c1cncc(Br)c1. The Morgan fingerprint density at radius 2 is 2.26 bits per heavy atom. The van der Waals surface area contributed by atoms with Gasteiger partial charge in [0.05, 0.1) is 5.56 Å². The van der Waals surface area contributed by atoms with E-state index in [0.717, 1.165) is 36.9 Å². The number of rotatable bonds is 2. The van der Waals surface area contributed by atoms with Crippen LogP contribution in [0.1, 0.15) is 30.1 Å². The monoisotopic (exact) mass is 325 g/mol. The fraction of sp³-hybridized carbons (Fsp3) is 0.571. The fourth-order valence-corrected chi connectivity index (χ4v) is 2.92. The smallest absolute Gasteiger partial charge is 0.255 e. The molecule has 1 unspecified atom stereocenters. The van der Waals surface area contributed by atoms with Gasteiger partial charge >= 0.3 is 0 Å². The first-order valence-corrected chi connectivity index (χ1v) is 7.51. The van der Waals surface area contributed by atoms with Gasteiger partial charge in [0.1, 0.15) is 0 Å². The number of likely N-dealkylation sites (N-methyl/N-ethyl adjacent to an activating group) is 1. The Kier molecular flexibility index (Phi) is 4.93. The first-order chi connectivity index (χ1) is 9.11. The molecule has 5 heteroatoms. The van der Waals surface area contributed by atoms with E-state index in [1.165, 1.54) is 0 Å². The Morgan fingerprint density at radius 1 is 1.47 bits per heavy atom. The number of hydrogen-bond donors (Lipinski definition) is 0. The molecule has 1 aliphatic heterocycles. The molecule has 1 saturated heterocycles. The van der Waals surface area contributed by atoms with Crippen LogP contribution in [-0.2, 0) is 0 Å². The van der Waals surface area contributed by atoms with E-state index in [1.807, 2.05) is 11.0 Å². The van der Waals surface area contributed by atoms with E-state index in [2.05, 4.69) is 39.8 Å². The lowest BCUT2D eigenvalue weighted by molar-refractivity contribution is 0.0675. The summed E-state index contributed by atoms with van der Waals surface area (Å²) in [5.41, 5.74) is 0.664. The van der Waals surface area contributed by atoms with Gasteiger partial charge in [-0.15, -0.1) is 0 Å². The Hall–Kier alpha value is -0.940. The van der Waals surface area contributed by atoms with E-state index in [9.17, 15) is 4.79 Å². The van der Waals surface area contributed by atoms with Crippen molar-refractivity contribution >= 4 is 21.8 Å². The molecule has 1 amide bonds. The molecule has 0 aliphatic carbocycles. The van der Waals surface area contributed by atoms with E-state index in [4.69, 9.17) is 0 Å². The Labute approximate surface area is 122 Å². The van der Waals surface area contributed by atoms with Crippen LogP contribution in [0.5, 0.6) is 0 Å². The maximum absolute atomic E-state index is 12.6. The van der Waals surface area contributed by atoms with Gasteiger partial charge in [0.15, 0.2) is 0 Å². The van der Waals surface area contributed by atoms with Gasteiger partial charge in [-0.1, -0.05) is 6.92 Å². The first-order valence-electron chi connectivity index (χ1n) is 6.72. The number of nitrogens with zero attached hydrogens (tertiary/aromatic N) is 3. The molecule has 1 aromatic heterocycles. The second-order valence-electron chi connectivity index (χ2n) is 5.07. The second-order valence-corrected chi connectivity index (χ2v) is 5.98. The summed E-state index contributed by atoms with van der Waals surface area (Å²) in [7, 11) is 2.12. The summed E-state index contributed by atoms with van der Waals surface area (Å²) in [6.45, 7) is 4.97. The summed E-state index contributed by atoms with van der Waals surface area (Å²) >= 11 is 3.37. The molecule has 4 nitrogen and oxygen atoms in total. The molecule has 2 rings (SSSR count). The minimum absolute atomic E-state index is 0.0935. The molecular weight excluding hydrogens is 306 g/mol. The van der Waals surface area contributed by atoms with Gasteiger partial charge in [0.2, 0.25) is 0 Å². The van der Waals surface area contributed by atoms with E-state index >= 15 is 0 Å². The van der Waals surface area contributed by atoms with Crippen LogP contribution in [0.2, 0.25) is 0 Å². The third-order valence-corrected chi connectivity index (χ3v) is 4.02. The highest BCUT2D eigenvalue weighted by Gasteiger charge is 2.26. The lowest BCUT2D eigenvalue weighted by atomic mass is 10.1. The zero-order chi connectivity index (χ0) is 13.8. The molecule has 1 fully saturated rings. The van der Waals surface area contributed by atoms with Crippen molar-refractivity contribution in [2.75, 3.05) is 26.7 Å². The summed E-state index contributed by atoms with van der Waals surface area (Å²) in [5.74, 6) is 0.0935. The van der Waals surface area contributed by atoms with E-state index in [0.29, 0.717) is 11.6 Å². The van der Waals surface area contributed by atoms with Crippen LogP contribution < -0.4 is 0 Å². The highest BCUT2D eigenvalue weighted by atomic mass is 79.9. The minimum Gasteiger partial charge on any atom is -0.334 e. The molecule has 1 atom stereocenters. The van der Waals surface area contributed by atoms with Crippen LogP contribution in [-0.4, -0.2) is 53.4 Å². The lowest BCUT2D eigenvalue weighted by Gasteiger charge is -2.30. The summed E-state index contributed by atoms with van der Waals surface area (Å²) in [6, 6.07) is 2.13. The van der Waals surface area contributed by atoms with Crippen molar-refractivity contribution in [3.63, 3.8) is 0 Å². The predicted molar refractivity (Wildman–Crippen MR) is 79.2 cm³/mol. The average Bonchev–Trinajstić information content (AvgIpc) is 2.59. The standard InChI is InChI=1S/C14H20BrN3O/c1-3-13-10-17(2)5-4-6-18(13)14(19)11-7-12(15)9-16-8-11/h7-9,13H,3-6,10H2,1-2H3. The normalized spacial score (nSPS) is 21.2. The number of carbonyl (C=O) groups is 1. The van der Waals surface area contributed by atoms with Gasteiger partial charge in [-0.2, -0.15) is 0 Å². The third-order valence-electron chi connectivity index (χ3n) is 3.59. The Morgan fingerprint density at radius 3 is 2.95 bits per heavy atom. The molecule has 1 aliphatic rings.